The molecule has 12 heteroatoms. The van der Waals surface area contributed by atoms with Crippen molar-refractivity contribution < 1.29 is 38.9 Å². The van der Waals surface area contributed by atoms with E-state index in [1.165, 1.54) is 24.3 Å². The van der Waals surface area contributed by atoms with Crippen LogP contribution in [0.4, 0.5) is 13.2 Å². The van der Waals surface area contributed by atoms with Gasteiger partial charge in [0.1, 0.15) is 0 Å². The van der Waals surface area contributed by atoms with E-state index in [2.05, 4.69) is 4.18 Å². The average Bonchev–Trinajstić information content (AvgIpc) is 2.95. The Hall–Kier alpha value is -1.79. The molecule has 0 unspecified atom stereocenters. The van der Waals surface area contributed by atoms with E-state index in [-0.39, 0.29) is 23.5 Å². The number of hydrogen-bond acceptors (Lipinski definition) is 6. The van der Waals surface area contributed by atoms with Gasteiger partial charge in [-0.15, -0.1) is 0 Å². The highest BCUT2D eigenvalue weighted by molar-refractivity contribution is 7.89. The Bertz CT molecular complexity index is 1030. The number of fused-ring (bicyclic) bond motifs is 1. The molecule has 168 valence electrons. The maximum atomic E-state index is 13.4. The van der Waals surface area contributed by atoms with Crippen LogP contribution in [0.2, 0.25) is 0 Å². The van der Waals surface area contributed by atoms with Gasteiger partial charge in [-0.2, -0.15) is 21.6 Å². The standard InChI is InChI=1S/C18H22F3NO6S2/c1-3-27-16-14-6-4-5-7-15(14)17(28-30(25,26)18(19,20)21)22(16)29(23,24)13-10-8-12(2)9-11-13/h8-11,14,16H,3-7H2,1-2H3/t14-,16+/m1/s1. The van der Waals surface area contributed by atoms with Gasteiger partial charge in [-0.3, -0.25) is 0 Å². The van der Waals surface area contributed by atoms with Gasteiger partial charge in [0.2, 0.25) is 5.88 Å². The average molecular weight is 470 g/mol. The van der Waals surface area contributed by atoms with E-state index in [9.17, 15) is 30.0 Å². The molecule has 1 aliphatic carbocycles. The summed E-state index contributed by atoms with van der Waals surface area (Å²) >= 11 is 0. The Kier molecular flexibility index (Phi) is 6.14. The summed E-state index contributed by atoms with van der Waals surface area (Å²) in [7, 11) is -10.5. The van der Waals surface area contributed by atoms with E-state index in [4.69, 9.17) is 4.74 Å². The zero-order valence-corrected chi connectivity index (χ0v) is 18.0. The molecule has 0 saturated heterocycles. The highest BCUT2D eigenvalue weighted by Crippen LogP contribution is 2.47. The van der Waals surface area contributed by atoms with E-state index in [1.807, 2.05) is 0 Å². The monoisotopic (exact) mass is 469 g/mol. The van der Waals surface area contributed by atoms with Crippen LogP contribution in [0.5, 0.6) is 0 Å². The van der Waals surface area contributed by atoms with Gasteiger partial charge in [0.15, 0.2) is 6.23 Å². The second-order valence-electron chi connectivity index (χ2n) is 7.13. The smallest absolute Gasteiger partial charge is 0.357 e. The molecule has 0 radical (unpaired) electrons. The number of benzene rings is 1. The van der Waals surface area contributed by atoms with Gasteiger partial charge >= 0.3 is 15.6 Å². The number of nitrogens with zero attached hydrogens (tertiary/aromatic N) is 1. The fourth-order valence-electron chi connectivity index (χ4n) is 3.71. The zero-order valence-electron chi connectivity index (χ0n) is 16.3. The van der Waals surface area contributed by atoms with Crippen LogP contribution in [0.15, 0.2) is 40.6 Å². The van der Waals surface area contributed by atoms with Crippen LogP contribution in [0.3, 0.4) is 0 Å². The number of sulfonamides is 1. The number of alkyl halides is 3. The maximum absolute atomic E-state index is 13.4. The molecule has 1 aromatic carbocycles. The van der Waals surface area contributed by atoms with Crippen LogP contribution in [0.25, 0.3) is 0 Å². The fourth-order valence-corrected chi connectivity index (χ4v) is 5.80. The van der Waals surface area contributed by atoms with Crippen molar-refractivity contribution >= 4 is 20.1 Å². The predicted octanol–water partition coefficient (Wildman–Crippen LogP) is 3.63. The van der Waals surface area contributed by atoms with Crippen molar-refractivity contribution in [1.82, 2.24) is 4.31 Å². The lowest BCUT2D eigenvalue weighted by Gasteiger charge is -2.31. The molecular formula is C18H22F3NO6S2. The SMILES string of the molecule is CCO[C@H]1[C@@H]2CCCCC2=C(OS(=O)(=O)C(F)(F)F)N1S(=O)(=O)c1ccc(C)cc1. The Balaban J connectivity index is 2.17. The van der Waals surface area contributed by atoms with Gasteiger partial charge < -0.3 is 8.92 Å². The minimum Gasteiger partial charge on any atom is -0.357 e. The van der Waals surface area contributed by atoms with Crippen LogP contribution in [0.1, 0.15) is 38.2 Å². The summed E-state index contributed by atoms with van der Waals surface area (Å²) in [5.41, 5.74) is -4.71. The first-order chi connectivity index (χ1) is 13.9. The van der Waals surface area contributed by atoms with Crippen LogP contribution in [0, 0.1) is 12.8 Å². The van der Waals surface area contributed by atoms with Crippen LogP contribution >= 0.6 is 0 Å². The van der Waals surface area contributed by atoms with Crippen molar-refractivity contribution in [2.45, 2.75) is 56.2 Å². The fraction of sp³-hybridized carbons (Fsp3) is 0.556. The third-order valence-electron chi connectivity index (χ3n) is 5.10. The molecule has 0 bridgehead atoms. The highest BCUT2D eigenvalue weighted by atomic mass is 32.2. The summed E-state index contributed by atoms with van der Waals surface area (Å²) in [6, 6.07) is 5.67. The summed E-state index contributed by atoms with van der Waals surface area (Å²) in [5.74, 6) is -1.41. The topological polar surface area (TPSA) is 90.0 Å². The van der Waals surface area contributed by atoms with Crippen molar-refractivity contribution in [3.05, 3.63) is 41.3 Å². The number of rotatable bonds is 6. The lowest BCUT2D eigenvalue weighted by atomic mass is 9.85. The first kappa shape index (κ1) is 22.9. The molecule has 1 saturated carbocycles. The molecular weight excluding hydrogens is 447 g/mol. The summed E-state index contributed by atoms with van der Waals surface area (Å²) in [5, 5.41) is 0. The Morgan fingerprint density at radius 1 is 1.10 bits per heavy atom. The Morgan fingerprint density at radius 3 is 2.30 bits per heavy atom. The molecule has 1 aliphatic heterocycles. The molecule has 7 nitrogen and oxygen atoms in total. The molecule has 2 atom stereocenters. The van der Waals surface area contributed by atoms with Gasteiger partial charge in [0.05, 0.1) is 4.90 Å². The van der Waals surface area contributed by atoms with Crippen molar-refractivity contribution in [2.24, 2.45) is 5.92 Å². The van der Waals surface area contributed by atoms with E-state index in [0.717, 1.165) is 5.56 Å². The van der Waals surface area contributed by atoms with Gasteiger partial charge in [0, 0.05) is 12.5 Å². The van der Waals surface area contributed by atoms with E-state index < -0.39 is 43.7 Å². The Morgan fingerprint density at radius 2 is 1.73 bits per heavy atom. The quantitative estimate of drug-likeness (QED) is 0.467. The van der Waals surface area contributed by atoms with Crippen LogP contribution in [-0.2, 0) is 29.1 Å². The van der Waals surface area contributed by atoms with Crippen LogP contribution < -0.4 is 0 Å². The summed E-state index contributed by atoms with van der Waals surface area (Å²) in [6.45, 7) is 3.44. The van der Waals surface area contributed by atoms with E-state index >= 15 is 0 Å². The second-order valence-corrected chi connectivity index (χ2v) is 10.5. The number of hydrogen-bond donors (Lipinski definition) is 0. The molecule has 0 amide bonds. The summed E-state index contributed by atoms with van der Waals surface area (Å²) in [6.07, 6.45) is 0.753. The van der Waals surface area contributed by atoms with Crippen molar-refractivity contribution in [2.75, 3.05) is 6.61 Å². The van der Waals surface area contributed by atoms with Crippen LogP contribution in [-0.4, -0.2) is 39.5 Å². The molecule has 1 fully saturated rings. The molecule has 2 aliphatic rings. The molecule has 0 aromatic heterocycles. The minimum absolute atomic E-state index is 0.0770. The third kappa shape index (κ3) is 4.04. The zero-order chi connectivity index (χ0) is 22.3. The maximum Gasteiger partial charge on any atom is 0.534 e. The minimum atomic E-state index is -6.07. The normalized spacial score (nSPS) is 22.9. The lowest BCUT2D eigenvalue weighted by molar-refractivity contribution is -0.0566. The first-order valence-electron chi connectivity index (χ1n) is 9.36. The van der Waals surface area contributed by atoms with Gasteiger partial charge in [-0.05, 0) is 50.8 Å². The molecule has 3 rings (SSSR count). The molecule has 30 heavy (non-hydrogen) atoms. The van der Waals surface area contributed by atoms with Crippen molar-refractivity contribution in [3.8, 4) is 0 Å². The molecule has 0 N–H and O–H groups in total. The summed E-state index contributed by atoms with van der Waals surface area (Å²) in [4.78, 5) is -0.206. The largest absolute Gasteiger partial charge is 0.534 e. The second kappa shape index (κ2) is 8.04. The van der Waals surface area contributed by atoms with Gasteiger partial charge in [-0.1, -0.05) is 24.1 Å². The van der Waals surface area contributed by atoms with Gasteiger partial charge in [0.25, 0.3) is 10.0 Å². The molecule has 1 aromatic rings. The Labute approximate surface area is 173 Å². The highest BCUT2D eigenvalue weighted by Gasteiger charge is 2.55. The lowest BCUT2D eigenvalue weighted by Crippen LogP contribution is -2.42. The number of ether oxygens (including phenoxy) is 1. The molecule has 1 heterocycles. The van der Waals surface area contributed by atoms with Crippen molar-refractivity contribution in [1.29, 1.82) is 0 Å². The first-order valence-corrected chi connectivity index (χ1v) is 12.2. The predicted molar refractivity (Wildman–Crippen MR) is 101 cm³/mol. The molecule has 0 spiro atoms. The van der Waals surface area contributed by atoms with Gasteiger partial charge in [-0.25, -0.2) is 12.7 Å². The number of halogens is 3. The summed E-state index contributed by atoms with van der Waals surface area (Å²) < 4.78 is 99.9. The van der Waals surface area contributed by atoms with E-state index in [0.29, 0.717) is 23.6 Å². The number of aryl methyl sites for hydroxylation is 1. The van der Waals surface area contributed by atoms with E-state index in [1.54, 1.807) is 13.8 Å². The third-order valence-corrected chi connectivity index (χ3v) is 7.80. The van der Waals surface area contributed by atoms with Crippen molar-refractivity contribution in [3.63, 3.8) is 0 Å².